The zero-order valence-electron chi connectivity index (χ0n) is 6.86. The molecule has 0 saturated heterocycles. The molecule has 0 heterocycles. The van der Waals surface area contributed by atoms with Crippen molar-refractivity contribution in [3.05, 3.63) is 22.7 Å². The zero-order valence-corrected chi connectivity index (χ0v) is 7.62. The van der Waals surface area contributed by atoms with Crippen molar-refractivity contribution in [2.24, 2.45) is 0 Å². The van der Waals surface area contributed by atoms with Crippen molar-refractivity contribution < 1.29 is 20.1 Å². The molecule has 5 heteroatoms. The van der Waals surface area contributed by atoms with Crippen LogP contribution in [-0.2, 0) is 4.74 Å². The first-order chi connectivity index (χ1) is 6.06. The van der Waals surface area contributed by atoms with Gasteiger partial charge in [-0.1, -0.05) is 11.6 Å². The molecule has 72 valence electrons. The van der Waals surface area contributed by atoms with Crippen LogP contribution in [-0.4, -0.2) is 22.4 Å². The second-order valence-electron chi connectivity index (χ2n) is 2.45. The molecule has 1 unspecified atom stereocenters. The Balaban J connectivity index is 3.15. The van der Waals surface area contributed by atoms with Crippen LogP contribution in [0.4, 0.5) is 0 Å². The molecule has 0 aromatic heterocycles. The van der Waals surface area contributed by atoms with Gasteiger partial charge in [0, 0.05) is 13.2 Å². The lowest BCUT2D eigenvalue weighted by atomic mass is 10.2. The van der Waals surface area contributed by atoms with E-state index in [1.165, 1.54) is 13.2 Å². The van der Waals surface area contributed by atoms with E-state index >= 15 is 0 Å². The first-order valence-corrected chi connectivity index (χ1v) is 3.86. The molecule has 0 amide bonds. The molecule has 0 bridgehead atoms. The molecule has 0 radical (unpaired) electrons. The van der Waals surface area contributed by atoms with Crippen LogP contribution >= 0.6 is 11.6 Å². The van der Waals surface area contributed by atoms with E-state index in [2.05, 4.69) is 4.74 Å². The van der Waals surface area contributed by atoms with Crippen molar-refractivity contribution in [3.8, 4) is 11.5 Å². The predicted octanol–water partition coefficient (Wildman–Crippen LogP) is 1.39. The van der Waals surface area contributed by atoms with Crippen LogP contribution in [0, 0.1) is 0 Å². The number of aliphatic hydroxyl groups is 1. The number of rotatable bonds is 2. The highest BCUT2D eigenvalue weighted by Gasteiger charge is 2.14. The van der Waals surface area contributed by atoms with Gasteiger partial charge in [-0.3, -0.25) is 0 Å². The second-order valence-corrected chi connectivity index (χ2v) is 2.86. The molecule has 0 saturated carbocycles. The molecular weight excluding hydrogens is 196 g/mol. The topological polar surface area (TPSA) is 69.9 Å². The minimum Gasteiger partial charge on any atom is -0.507 e. The summed E-state index contributed by atoms with van der Waals surface area (Å²) in [5, 5.41) is 27.6. The summed E-state index contributed by atoms with van der Waals surface area (Å²) in [6, 6.07) is 2.28. The van der Waals surface area contributed by atoms with Crippen LogP contribution in [0.25, 0.3) is 0 Å². The van der Waals surface area contributed by atoms with Crippen molar-refractivity contribution in [2.75, 3.05) is 7.11 Å². The lowest BCUT2D eigenvalue weighted by molar-refractivity contribution is -0.0780. The number of methoxy groups -OCH3 is 1. The van der Waals surface area contributed by atoms with Crippen molar-refractivity contribution in [1.82, 2.24) is 0 Å². The maximum atomic E-state index is 9.26. The minimum absolute atomic E-state index is 0.0453. The zero-order chi connectivity index (χ0) is 10.0. The summed E-state index contributed by atoms with van der Waals surface area (Å²) >= 11 is 5.56. The van der Waals surface area contributed by atoms with Crippen LogP contribution in [0.1, 0.15) is 11.9 Å². The lowest BCUT2D eigenvalue weighted by Gasteiger charge is -2.11. The van der Waals surface area contributed by atoms with Crippen molar-refractivity contribution in [3.63, 3.8) is 0 Å². The summed E-state index contributed by atoms with van der Waals surface area (Å²) in [6.45, 7) is 0. The molecule has 0 aliphatic carbocycles. The first kappa shape index (κ1) is 10.1. The largest absolute Gasteiger partial charge is 0.507 e. The number of hydrogen-bond donors (Lipinski definition) is 3. The van der Waals surface area contributed by atoms with Gasteiger partial charge < -0.3 is 20.1 Å². The average Bonchev–Trinajstić information content (AvgIpc) is 2.10. The third-order valence-electron chi connectivity index (χ3n) is 1.59. The Labute approximate surface area is 80.0 Å². The number of halogens is 1. The van der Waals surface area contributed by atoms with Gasteiger partial charge in [0.15, 0.2) is 6.29 Å². The molecule has 1 rings (SSSR count). The molecule has 13 heavy (non-hydrogen) atoms. The Hall–Kier alpha value is -0.970. The number of hydrogen-bond acceptors (Lipinski definition) is 4. The van der Waals surface area contributed by atoms with Crippen LogP contribution in [0.15, 0.2) is 12.1 Å². The number of ether oxygens (including phenoxy) is 1. The van der Waals surface area contributed by atoms with E-state index in [0.717, 1.165) is 6.07 Å². The van der Waals surface area contributed by atoms with E-state index in [1.807, 2.05) is 0 Å². The maximum Gasteiger partial charge on any atom is 0.184 e. The third-order valence-corrected chi connectivity index (χ3v) is 1.89. The van der Waals surface area contributed by atoms with E-state index in [4.69, 9.17) is 16.7 Å². The molecule has 1 atom stereocenters. The van der Waals surface area contributed by atoms with Crippen LogP contribution in [0.5, 0.6) is 11.5 Å². The maximum absolute atomic E-state index is 9.26. The van der Waals surface area contributed by atoms with Crippen LogP contribution < -0.4 is 0 Å². The normalized spacial score (nSPS) is 12.8. The minimum atomic E-state index is -1.25. The standard InChI is InChI=1S/C8H9ClO4/c1-13-8(12)4-2-5(9)7(11)3-6(4)10/h2-3,8,10-12H,1H3. The summed E-state index contributed by atoms with van der Waals surface area (Å²) in [5.41, 5.74) is 0.116. The summed E-state index contributed by atoms with van der Waals surface area (Å²) in [5.74, 6) is -0.512. The molecule has 0 aliphatic rings. The lowest BCUT2D eigenvalue weighted by Crippen LogP contribution is -1.99. The van der Waals surface area contributed by atoms with E-state index in [0.29, 0.717) is 0 Å². The number of aromatic hydroxyl groups is 2. The predicted molar refractivity (Wildman–Crippen MR) is 46.8 cm³/mol. The average molecular weight is 205 g/mol. The SMILES string of the molecule is COC(O)c1cc(Cl)c(O)cc1O. The third kappa shape index (κ3) is 2.03. The van der Waals surface area contributed by atoms with Crippen LogP contribution in [0.3, 0.4) is 0 Å². The Kier molecular flexibility index (Phi) is 2.98. The number of aliphatic hydroxyl groups excluding tert-OH is 1. The number of phenolic OH excluding ortho intramolecular Hbond substituents is 2. The van der Waals surface area contributed by atoms with Gasteiger partial charge >= 0.3 is 0 Å². The highest BCUT2D eigenvalue weighted by molar-refractivity contribution is 6.32. The highest BCUT2D eigenvalue weighted by atomic mass is 35.5. The second kappa shape index (κ2) is 3.83. The van der Waals surface area contributed by atoms with E-state index < -0.39 is 6.29 Å². The monoisotopic (exact) mass is 204 g/mol. The van der Waals surface area contributed by atoms with Gasteiger partial charge in [0.1, 0.15) is 11.5 Å². The fourth-order valence-electron chi connectivity index (χ4n) is 0.891. The molecule has 0 fully saturated rings. The molecule has 1 aromatic carbocycles. The molecular formula is C8H9ClO4. The first-order valence-electron chi connectivity index (χ1n) is 3.48. The van der Waals surface area contributed by atoms with Gasteiger partial charge in [-0.2, -0.15) is 0 Å². The Morgan fingerprint density at radius 1 is 1.31 bits per heavy atom. The molecule has 4 nitrogen and oxygen atoms in total. The highest BCUT2D eigenvalue weighted by Crippen LogP contribution is 2.34. The van der Waals surface area contributed by atoms with Gasteiger partial charge in [0.05, 0.1) is 10.6 Å². The van der Waals surface area contributed by atoms with Crippen molar-refractivity contribution >= 4 is 11.6 Å². The van der Waals surface area contributed by atoms with E-state index in [1.54, 1.807) is 0 Å². The van der Waals surface area contributed by atoms with Gasteiger partial charge in [-0.25, -0.2) is 0 Å². The Bertz CT molecular complexity index is 313. The van der Waals surface area contributed by atoms with E-state index in [9.17, 15) is 10.2 Å². The summed E-state index contributed by atoms with van der Waals surface area (Å²) in [7, 11) is 1.28. The van der Waals surface area contributed by atoms with Gasteiger partial charge in [0.25, 0.3) is 0 Å². The van der Waals surface area contributed by atoms with Gasteiger partial charge in [0.2, 0.25) is 0 Å². The van der Waals surface area contributed by atoms with Gasteiger partial charge in [-0.05, 0) is 6.07 Å². The number of phenols is 2. The molecule has 0 spiro atoms. The summed E-state index contributed by atoms with van der Waals surface area (Å²) in [4.78, 5) is 0. The number of benzene rings is 1. The summed E-state index contributed by atoms with van der Waals surface area (Å²) in [6.07, 6.45) is -1.25. The summed E-state index contributed by atoms with van der Waals surface area (Å²) < 4.78 is 4.57. The fourth-order valence-corrected chi connectivity index (χ4v) is 1.06. The fraction of sp³-hybridized carbons (Fsp3) is 0.250. The molecule has 0 aliphatic heterocycles. The molecule has 3 N–H and O–H groups in total. The quantitative estimate of drug-likeness (QED) is 0.637. The van der Waals surface area contributed by atoms with Gasteiger partial charge in [-0.15, -0.1) is 0 Å². The van der Waals surface area contributed by atoms with Crippen LogP contribution in [0.2, 0.25) is 5.02 Å². The van der Waals surface area contributed by atoms with Crippen molar-refractivity contribution in [2.45, 2.75) is 6.29 Å². The Morgan fingerprint density at radius 2 is 1.92 bits per heavy atom. The van der Waals surface area contributed by atoms with Crippen molar-refractivity contribution in [1.29, 1.82) is 0 Å². The smallest absolute Gasteiger partial charge is 0.184 e. The Morgan fingerprint density at radius 3 is 2.46 bits per heavy atom. The van der Waals surface area contributed by atoms with E-state index in [-0.39, 0.29) is 22.1 Å². The molecule has 1 aromatic rings.